The first-order chi connectivity index (χ1) is 7.18. The smallest absolute Gasteiger partial charge is 0.337 e. The highest BCUT2D eigenvalue weighted by atomic mass is 16.4. The Balaban J connectivity index is 2.32. The normalized spacial score (nSPS) is 14.7. The molecule has 0 radical (unpaired) electrons. The van der Waals surface area contributed by atoms with Crippen LogP contribution in [0.3, 0.4) is 0 Å². The van der Waals surface area contributed by atoms with Crippen molar-refractivity contribution in [2.75, 3.05) is 6.54 Å². The van der Waals surface area contributed by atoms with E-state index < -0.39 is 5.97 Å². The van der Waals surface area contributed by atoms with E-state index in [0.29, 0.717) is 6.54 Å². The summed E-state index contributed by atoms with van der Waals surface area (Å²) in [5.41, 5.74) is 2.92. The summed E-state index contributed by atoms with van der Waals surface area (Å²) >= 11 is 0. The summed E-state index contributed by atoms with van der Waals surface area (Å²) in [6, 6.07) is 3.26. The molecule has 0 amide bonds. The summed E-state index contributed by atoms with van der Waals surface area (Å²) in [5, 5.41) is 8.71. The fourth-order valence-corrected chi connectivity index (χ4v) is 1.48. The van der Waals surface area contributed by atoms with Crippen molar-refractivity contribution < 1.29 is 9.90 Å². The summed E-state index contributed by atoms with van der Waals surface area (Å²) in [5.74, 6) is -0.958. The van der Waals surface area contributed by atoms with Crippen molar-refractivity contribution in [3.8, 4) is 0 Å². The van der Waals surface area contributed by atoms with Gasteiger partial charge < -0.3 is 5.11 Å². The molecule has 0 spiro atoms. The minimum Gasteiger partial charge on any atom is -0.478 e. The molecule has 0 aliphatic carbocycles. The maximum Gasteiger partial charge on any atom is 0.337 e. The Bertz CT molecular complexity index is 458. The van der Waals surface area contributed by atoms with E-state index in [9.17, 15) is 4.79 Å². The van der Waals surface area contributed by atoms with E-state index in [1.807, 2.05) is 13.0 Å². The van der Waals surface area contributed by atoms with Gasteiger partial charge in [0.1, 0.15) is 0 Å². The second-order valence-electron chi connectivity index (χ2n) is 3.28. The molecular formula is C11H10N2O2. The Morgan fingerprint density at radius 2 is 2.27 bits per heavy atom. The molecule has 2 heterocycles. The van der Waals surface area contributed by atoms with Gasteiger partial charge in [-0.25, -0.2) is 4.79 Å². The van der Waals surface area contributed by atoms with Crippen LogP contribution in [0.4, 0.5) is 0 Å². The quantitative estimate of drug-likeness (QED) is 0.792. The zero-order chi connectivity index (χ0) is 10.8. The first kappa shape index (κ1) is 9.58. The molecule has 1 N–H and O–H groups in total. The van der Waals surface area contributed by atoms with Crippen molar-refractivity contribution in [3.05, 3.63) is 35.7 Å². The molecule has 0 fully saturated rings. The monoisotopic (exact) mass is 202 g/mol. The van der Waals surface area contributed by atoms with Gasteiger partial charge in [0.2, 0.25) is 0 Å². The van der Waals surface area contributed by atoms with Crippen LogP contribution in [0, 0.1) is 0 Å². The third-order valence-corrected chi connectivity index (χ3v) is 2.30. The lowest BCUT2D eigenvalue weighted by Crippen LogP contribution is -2.00. The Hall–Kier alpha value is -1.97. The second kappa shape index (κ2) is 3.65. The molecule has 0 saturated carbocycles. The lowest BCUT2D eigenvalue weighted by molar-refractivity contribution is 0.0696. The lowest BCUT2D eigenvalue weighted by atomic mass is 10.1. The highest BCUT2D eigenvalue weighted by Crippen LogP contribution is 2.18. The number of aromatic carboxylic acids is 1. The molecule has 0 saturated heterocycles. The Morgan fingerprint density at radius 1 is 1.47 bits per heavy atom. The Kier molecular flexibility index (Phi) is 2.33. The summed E-state index contributed by atoms with van der Waals surface area (Å²) in [6.45, 7) is 2.61. The number of carboxylic acid groups (broad SMARTS) is 1. The molecule has 1 aliphatic rings. The van der Waals surface area contributed by atoms with Crippen LogP contribution in [0.15, 0.2) is 29.4 Å². The third-order valence-electron chi connectivity index (χ3n) is 2.30. The highest BCUT2D eigenvalue weighted by Gasteiger charge is 2.11. The van der Waals surface area contributed by atoms with Gasteiger partial charge in [-0.2, -0.15) is 0 Å². The molecular weight excluding hydrogens is 192 g/mol. The van der Waals surface area contributed by atoms with Crippen LogP contribution in [-0.2, 0) is 0 Å². The Morgan fingerprint density at radius 3 is 2.73 bits per heavy atom. The SMILES string of the molecule is CC1=NCC=C1c1ccc(C(=O)O)cn1. The van der Waals surface area contributed by atoms with Gasteiger partial charge in [0.15, 0.2) is 0 Å². The number of allylic oxidation sites excluding steroid dienone is 1. The van der Waals surface area contributed by atoms with E-state index in [-0.39, 0.29) is 5.56 Å². The van der Waals surface area contributed by atoms with Gasteiger partial charge in [0.05, 0.1) is 17.8 Å². The van der Waals surface area contributed by atoms with E-state index >= 15 is 0 Å². The summed E-state index contributed by atoms with van der Waals surface area (Å²) in [7, 11) is 0. The molecule has 0 unspecified atom stereocenters. The second-order valence-corrected chi connectivity index (χ2v) is 3.28. The predicted octanol–water partition coefficient (Wildman–Crippen LogP) is 1.64. The number of carboxylic acids is 1. The first-order valence-electron chi connectivity index (χ1n) is 4.60. The van der Waals surface area contributed by atoms with Gasteiger partial charge in [-0.15, -0.1) is 0 Å². The fraction of sp³-hybridized carbons (Fsp3) is 0.182. The van der Waals surface area contributed by atoms with E-state index in [2.05, 4.69) is 9.98 Å². The number of carbonyl (C=O) groups is 1. The molecule has 0 bridgehead atoms. The van der Waals surface area contributed by atoms with Crippen LogP contribution in [0.5, 0.6) is 0 Å². The van der Waals surface area contributed by atoms with Crippen molar-refractivity contribution in [2.24, 2.45) is 4.99 Å². The van der Waals surface area contributed by atoms with Crippen molar-refractivity contribution >= 4 is 17.3 Å². The molecule has 15 heavy (non-hydrogen) atoms. The van der Waals surface area contributed by atoms with E-state index in [1.54, 1.807) is 12.1 Å². The van der Waals surface area contributed by atoms with Gasteiger partial charge in [-0.05, 0) is 19.1 Å². The molecule has 76 valence electrons. The fourth-order valence-electron chi connectivity index (χ4n) is 1.48. The number of hydrogen-bond donors (Lipinski definition) is 1. The molecule has 0 aromatic carbocycles. The zero-order valence-electron chi connectivity index (χ0n) is 8.27. The van der Waals surface area contributed by atoms with Gasteiger partial charge >= 0.3 is 5.97 Å². The average Bonchev–Trinajstić information content (AvgIpc) is 2.65. The molecule has 1 aliphatic heterocycles. The molecule has 4 heteroatoms. The van der Waals surface area contributed by atoms with Gasteiger partial charge in [-0.1, -0.05) is 6.08 Å². The highest BCUT2D eigenvalue weighted by molar-refractivity contribution is 6.23. The molecule has 4 nitrogen and oxygen atoms in total. The van der Waals surface area contributed by atoms with Crippen LogP contribution < -0.4 is 0 Å². The van der Waals surface area contributed by atoms with Crippen LogP contribution in [-0.4, -0.2) is 28.3 Å². The van der Waals surface area contributed by atoms with Crippen molar-refractivity contribution in [2.45, 2.75) is 6.92 Å². The minimum atomic E-state index is -0.958. The summed E-state index contributed by atoms with van der Waals surface area (Å²) in [6.07, 6.45) is 3.35. The lowest BCUT2D eigenvalue weighted by Gasteiger charge is -2.02. The van der Waals surface area contributed by atoms with Gasteiger partial charge in [0.25, 0.3) is 0 Å². The molecule has 2 rings (SSSR count). The number of pyridine rings is 1. The first-order valence-corrected chi connectivity index (χ1v) is 4.60. The molecule has 1 aromatic rings. The number of aliphatic imine (C=N–C) groups is 1. The number of aromatic nitrogens is 1. The number of nitrogens with zero attached hydrogens (tertiary/aromatic N) is 2. The van der Waals surface area contributed by atoms with Crippen molar-refractivity contribution in [3.63, 3.8) is 0 Å². The van der Waals surface area contributed by atoms with Crippen LogP contribution in [0.25, 0.3) is 5.57 Å². The van der Waals surface area contributed by atoms with E-state index in [4.69, 9.17) is 5.11 Å². The third kappa shape index (κ3) is 1.79. The van der Waals surface area contributed by atoms with Crippen molar-refractivity contribution in [1.29, 1.82) is 0 Å². The maximum absolute atomic E-state index is 10.6. The van der Waals surface area contributed by atoms with Crippen LogP contribution in [0.2, 0.25) is 0 Å². The Labute approximate surface area is 87.0 Å². The topological polar surface area (TPSA) is 62.5 Å². The van der Waals surface area contributed by atoms with E-state index in [1.165, 1.54) is 6.20 Å². The van der Waals surface area contributed by atoms with Gasteiger partial charge in [-0.3, -0.25) is 9.98 Å². The molecule has 1 aromatic heterocycles. The average molecular weight is 202 g/mol. The largest absolute Gasteiger partial charge is 0.478 e. The maximum atomic E-state index is 10.6. The zero-order valence-corrected chi connectivity index (χ0v) is 8.27. The summed E-state index contributed by atoms with van der Waals surface area (Å²) < 4.78 is 0. The van der Waals surface area contributed by atoms with Crippen LogP contribution >= 0.6 is 0 Å². The van der Waals surface area contributed by atoms with Crippen molar-refractivity contribution in [1.82, 2.24) is 4.98 Å². The minimum absolute atomic E-state index is 0.201. The molecule has 0 atom stereocenters. The summed E-state index contributed by atoms with van der Waals surface area (Å²) in [4.78, 5) is 18.9. The van der Waals surface area contributed by atoms with E-state index in [0.717, 1.165) is 17.0 Å². The number of rotatable bonds is 2. The predicted molar refractivity (Wildman–Crippen MR) is 57.1 cm³/mol. The standard InChI is InChI=1S/C11H10N2O2/c1-7-9(4-5-12-7)10-3-2-8(6-13-10)11(14)15/h2-4,6H,5H2,1H3,(H,14,15). The van der Waals surface area contributed by atoms with Crippen LogP contribution in [0.1, 0.15) is 23.0 Å². The van der Waals surface area contributed by atoms with Gasteiger partial charge in [0, 0.05) is 17.5 Å². The number of hydrogen-bond acceptors (Lipinski definition) is 3.